The van der Waals surface area contributed by atoms with Crippen molar-refractivity contribution in [3.63, 3.8) is 0 Å². The smallest absolute Gasteiger partial charge is 0.410 e. The SMILES string of the molecule is C=C[C@@H]1C[C@@]1(NC(=O)[C@@H]1C[C@@H](OC(=O)N2Cc3cccc(F)c3C2)CN1C(=O)[C@@H](CC(=O)NC(C)(C)C)CC1CCCCC1)C(=O)O. The van der Waals surface area contributed by atoms with Gasteiger partial charge >= 0.3 is 12.1 Å². The Morgan fingerprint density at radius 2 is 1.87 bits per heavy atom. The maximum atomic E-state index is 14.4. The van der Waals surface area contributed by atoms with Crippen molar-refractivity contribution < 1.29 is 38.2 Å². The highest BCUT2D eigenvalue weighted by atomic mass is 19.1. The second kappa shape index (κ2) is 13.6. The van der Waals surface area contributed by atoms with Crippen molar-refractivity contribution in [2.75, 3.05) is 6.54 Å². The van der Waals surface area contributed by atoms with Crippen LogP contribution in [0.2, 0.25) is 0 Å². The van der Waals surface area contributed by atoms with Crippen LogP contribution in [0.25, 0.3) is 0 Å². The summed E-state index contributed by atoms with van der Waals surface area (Å²) >= 11 is 0. The van der Waals surface area contributed by atoms with Gasteiger partial charge in [0.25, 0.3) is 0 Å². The first-order valence-electron chi connectivity index (χ1n) is 16.7. The summed E-state index contributed by atoms with van der Waals surface area (Å²) in [6, 6.07) is 3.55. The fourth-order valence-electron chi connectivity index (χ4n) is 7.45. The molecule has 2 aliphatic carbocycles. The number of benzene rings is 1. The van der Waals surface area contributed by atoms with E-state index in [0.717, 1.165) is 32.1 Å². The van der Waals surface area contributed by atoms with Gasteiger partial charge in [-0.05, 0) is 51.2 Å². The number of ether oxygens (including phenoxy) is 1. The van der Waals surface area contributed by atoms with Crippen molar-refractivity contribution >= 4 is 29.8 Å². The molecule has 5 atom stereocenters. The molecular formula is C35H47FN4O7. The molecule has 4 amide bonds. The van der Waals surface area contributed by atoms with E-state index in [1.54, 1.807) is 12.1 Å². The molecule has 2 aliphatic heterocycles. The number of rotatable bonds is 10. The minimum Gasteiger partial charge on any atom is -0.479 e. The number of halogens is 1. The molecule has 47 heavy (non-hydrogen) atoms. The number of nitrogens with zero attached hydrogens (tertiary/aromatic N) is 2. The highest BCUT2D eigenvalue weighted by molar-refractivity contribution is 5.95. The summed E-state index contributed by atoms with van der Waals surface area (Å²) < 4.78 is 20.2. The average Bonchev–Trinajstić information content (AvgIpc) is 3.31. The summed E-state index contributed by atoms with van der Waals surface area (Å²) in [5.74, 6) is -3.83. The zero-order chi connectivity index (χ0) is 34.1. The Bertz CT molecular complexity index is 1420. The first-order valence-corrected chi connectivity index (χ1v) is 16.7. The molecule has 3 fully saturated rings. The molecule has 12 heteroatoms. The molecule has 5 rings (SSSR count). The number of hydrogen-bond donors (Lipinski definition) is 3. The van der Waals surface area contributed by atoms with Crippen LogP contribution in [0, 0.1) is 23.6 Å². The van der Waals surface area contributed by atoms with Gasteiger partial charge in [0.1, 0.15) is 23.5 Å². The number of fused-ring (bicyclic) bond motifs is 1. The van der Waals surface area contributed by atoms with Gasteiger partial charge in [-0.1, -0.05) is 50.3 Å². The number of hydrogen-bond acceptors (Lipinski definition) is 6. The van der Waals surface area contributed by atoms with Crippen LogP contribution in [0.4, 0.5) is 9.18 Å². The van der Waals surface area contributed by atoms with E-state index in [2.05, 4.69) is 17.2 Å². The summed E-state index contributed by atoms with van der Waals surface area (Å²) in [7, 11) is 0. The number of carboxylic acids is 1. The molecule has 1 aromatic rings. The number of carbonyl (C=O) groups excluding carboxylic acids is 4. The third-order valence-corrected chi connectivity index (χ3v) is 9.97. The zero-order valence-electron chi connectivity index (χ0n) is 27.6. The lowest BCUT2D eigenvalue weighted by atomic mass is 9.81. The van der Waals surface area contributed by atoms with Gasteiger partial charge in [0.05, 0.1) is 13.1 Å². The Morgan fingerprint density at radius 3 is 2.49 bits per heavy atom. The van der Waals surface area contributed by atoms with Crippen molar-refractivity contribution in [2.45, 2.75) is 115 Å². The van der Waals surface area contributed by atoms with Gasteiger partial charge in [0.15, 0.2) is 0 Å². The number of nitrogens with one attached hydrogen (secondary N) is 2. The van der Waals surface area contributed by atoms with Crippen LogP contribution < -0.4 is 10.6 Å². The van der Waals surface area contributed by atoms with Crippen molar-refractivity contribution in [1.82, 2.24) is 20.4 Å². The molecule has 3 N–H and O–H groups in total. The third kappa shape index (κ3) is 7.79. The molecule has 2 heterocycles. The van der Waals surface area contributed by atoms with Crippen molar-refractivity contribution in [3.8, 4) is 0 Å². The summed E-state index contributed by atoms with van der Waals surface area (Å²) in [6.45, 7) is 9.39. The van der Waals surface area contributed by atoms with E-state index >= 15 is 0 Å². The molecule has 11 nitrogen and oxygen atoms in total. The summed E-state index contributed by atoms with van der Waals surface area (Å²) in [6.07, 6.45) is 5.64. The Kier molecular flexibility index (Phi) is 9.98. The Hall–Kier alpha value is -3.96. The van der Waals surface area contributed by atoms with E-state index in [1.807, 2.05) is 20.8 Å². The summed E-state index contributed by atoms with van der Waals surface area (Å²) in [5, 5.41) is 15.5. The molecule has 0 bridgehead atoms. The number of carboxylic acid groups (broad SMARTS) is 1. The van der Waals surface area contributed by atoms with Gasteiger partial charge in [0.2, 0.25) is 17.7 Å². The minimum absolute atomic E-state index is 0.0382. The van der Waals surface area contributed by atoms with E-state index in [9.17, 15) is 33.5 Å². The van der Waals surface area contributed by atoms with Gasteiger partial charge in [-0.2, -0.15) is 0 Å². The highest BCUT2D eigenvalue weighted by Crippen LogP contribution is 2.45. The molecule has 0 unspecified atom stereocenters. The second-order valence-electron chi connectivity index (χ2n) is 14.7. The first kappa shape index (κ1) is 34.4. The van der Waals surface area contributed by atoms with Crippen LogP contribution in [-0.2, 0) is 37.0 Å². The monoisotopic (exact) mass is 654 g/mol. The molecule has 1 saturated heterocycles. The van der Waals surface area contributed by atoms with E-state index in [1.165, 1.54) is 21.9 Å². The van der Waals surface area contributed by atoms with Gasteiger partial charge in [-0.15, -0.1) is 6.58 Å². The van der Waals surface area contributed by atoms with E-state index < -0.39 is 64.8 Å². The fraction of sp³-hybridized carbons (Fsp3) is 0.629. The van der Waals surface area contributed by atoms with Crippen LogP contribution in [0.15, 0.2) is 30.9 Å². The standard InChI is InChI=1S/C35H47FN4O7/c1-5-24-17-35(24,32(44)45)38-30(42)28-16-25(47-33(46)39-18-22-12-9-13-27(36)26(22)20-39)19-40(28)31(43)23(14-21-10-7-6-8-11-21)15-29(41)37-34(2,3)4/h5,9,12-13,21,23-25,28H,1,6-8,10-11,14-20H2,2-4H3,(H,37,41)(H,38,42)(H,44,45)/t23-,24-,25-,28+,35+/m1/s1. The topological polar surface area (TPSA) is 145 Å². The lowest BCUT2D eigenvalue weighted by Gasteiger charge is -2.32. The van der Waals surface area contributed by atoms with Crippen LogP contribution in [-0.4, -0.2) is 74.5 Å². The third-order valence-electron chi connectivity index (χ3n) is 9.97. The predicted molar refractivity (Wildman–Crippen MR) is 170 cm³/mol. The Labute approximate surface area is 275 Å². The molecule has 0 spiro atoms. The quantitative estimate of drug-likeness (QED) is 0.319. The average molecular weight is 655 g/mol. The van der Waals surface area contributed by atoms with Crippen molar-refractivity contribution in [2.24, 2.45) is 17.8 Å². The summed E-state index contributed by atoms with van der Waals surface area (Å²) in [5.41, 5.74) is -0.909. The largest absolute Gasteiger partial charge is 0.479 e. The van der Waals surface area contributed by atoms with E-state index in [-0.39, 0.29) is 50.7 Å². The lowest BCUT2D eigenvalue weighted by molar-refractivity contribution is -0.147. The molecule has 4 aliphatic rings. The van der Waals surface area contributed by atoms with Gasteiger partial charge in [-0.3, -0.25) is 19.3 Å². The van der Waals surface area contributed by atoms with E-state index in [4.69, 9.17) is 4.74 Å². The number of aliphatic carboxylic acids is 1. The van der Waals surface area contributed by atoms with Crippen LogP contribution in [0.5, 0.6) is 0 Å². The number of amides is 4. The van der Waals surface area contributed by atoms with Crippen LogP contribution >= 0.6 is 0 Å². The van der Waals surface area contributed by atoms with Gasteiger partial charge in [0, 0.05) is 42.3 Å². The van der Waals surface area contributed by atoms with Crippen LogP contribution in [0.3, 0.4) is 0 Å². The molecule has 0 aromatic heterocycles. The Balaban J connectivity index is 1.36. The molecule has 2 saturated carbocycles. The van der Waals surface area contributed by atoms with E-state index in [0.29, 0.717) is 17.5 Å². The lowest BCUT2D eigenvalue weighted by Crippen LogP contribution is -2.54. The second-order valence-corrected chi connectivity index (χ2v) is 14.7. The molecule has 0 radical (unpaired) electrons. The number of carbonyl (C=O) groups is 5. The normalized spacial score (nSPS) is 26.3. The maximum absolute atomic E-state index is 14.4. The first-order chi connectivity index (χ1) is 22.2. The fourth-order valence-corrected chi connectivity index (χ4v) is 7.45. The highest BCUT2D eigenvalue weighted by Gasteiger charge is 2.61. The molecule has 256 valence electrons. The summed E-state index contributed by atoms with van der Waals surface area (Å²) in [4.78, 5) is 69.5. The number of likely N-dealkylation sites (tertiary alicyclic amines) is 1. The maximum Gasteiger partial charge on any atom is 0.410 e. The minimum atomic E-state index is -1.51. The van der Waals surface area contributed by atoms with Crippen molar-refractivity contribution in [1.29, 1.82) is 0 Å². The molecular weight excluding hydrogens is 607 g/mol. The predicted octanol–water partition coefficient (Wildman–Crippen LogP) is 4.28. The van der Waals surface area contributed by atoms with Gasteiger partial charge < -0.3 is 25.4 Å². The molecule has 1 aromatic carbocycles. The van der Waals surface area contributed by atoms with Crippen molar-refractivity contribution in [3.05, 3.63) is 47.8 Å². The van der Waals surface area contributed by atoms with Gasteiger partial charge in [-0.25, -0.2) is 14.0 Å². The van der Waals surface area contributed by atoms with Crippen LogP contribution in [0.1, 0.15) is 89.7 Å². The Morgan fingerprint density at radius 1 is 1.15 bits per heavy atom. The zero-order valence-corrected chi connectivity index (χ0v) is 27.6.